The van der Waals surface area contributed by atoms with E-state index in [1.54, 1.807) is 4.68 Å². The Hall–Kier alpha value is -2.05. The van der Waals surface area contributed by atoms with Gasteiger partial charge in [-0.3, -0.25) is 0 Å². The first-order chi connectivity index (χ1) is 9.36. The van der Waals surface area contributed by atoms with Crippen molar-refractivity contribution >= 4 is 5.69 Å². The number of benzene rings is 1. The zero-order chi connectivity index (χ0) is 14.9. The van der Waals surface area contributed by atoms with Gasteiger partial charge in [0.05, 0.1) is 5.54 Å². The molecule has 0 radical (unpaired) electrons. The Bertz CT molecular complexity index is 621. The van der Waals surface area contributed by atoms with Crippen LogP contribution in [-0.4, -0.2) is 20.2 Å². The first-order valence-corrected chi connectivity index (χ1v) is 6.40. The number of hydrogen-bond acceptors (Lipinski definition) is 4. The highest BCUT2D eigenvalue weighted by molar-refractivity contribution is 5.71. The van der Waals surface area contributed by atoms with Crippen molar-refractivity contribution in [2.45, 2.75) is 39.2 Å². The highest BCUT2D eigenvalue weighted by atomic mass is 19.2. The van der Waals surface area contributed by atoms with Crippen molar-refractivity contribution in [1.82, 2.24) is 20.2 Å². The Morgan fingerprint density at radius 1 is 1.25 bits per heavy atom. The van der Waals surface area contributed by atoms with Gasteiger partial charge < -0.3 is 5.73 Å². The largest absolute Gasteiger partial charge is 0.398 e. The van der Waals surface area contributed by atoms with Gasteiger partial charge in [-0.1, -0.05) is 13.3 Å². The van der Waals surface area contributed by atoms with E-state index < -0.39 is 11.6 Å². The summed E-state index contributed by atoms with van der Waals surface area (Å²) in [4.78, 5) is 0. The van der Waals surface area contributed by atoms with Crippen molar-refractivity contribution in [3.05, 3.63) is 23.8 Å². The van der Waals surface area contributed by atoms with Crippen LogP contribution >= 0.6 is 0 Å². The minimum atomic E-state index is -0.988. The highest BCUT2D eigenvalue weighted by Crippen LogP contribution is 2.30. The average Bonchev–Trinajstić information content (AvgIpc) is 2.83. The molecule has 2 rings (SSSR count). The predicted octanol–water partition coefficient (Wildman–Crippen LogP) is 2.74. The predicted molar refractivity (Wildman–Crippen MR) is 71.8 cm³/mol. The number of aromatic nitrogens is 4. The van der Waals surface area contributed by atoms with Crippen LogP contribution in [0.5, 0.6) is 0 Å². The third-order valence-corrected chi connectivity index (χ3v) is 3.24. The second-order valence-electron chi connectivity index (χ2n) is 5.33. The van der Waals surface area contributed by atoms with E-state index in [9.17, 15) is 8.78 Å². The van der Waals surface area contributed by atoms with Gasteiger partial charge in [0.1, 0.15) is 0 Å². The van der Waals surface area contributed by atoms with Crippen LogP contribution in [0.15, 0.2) is 12.1 Å². The van der Waals surface area contributed by atoms with Crippen LogP contribution in [-0.2, 0) is 5.54 Å². The number of halogens is 2. The van der Waals surface area contributed by atoms with Crippen molar-refractivity contribution in [3.63, 3.8) is 0 Å². The summed E-state index contributed by atoms with van der Waals surface area (Å²) in [5, 5.41) is 11.5. The molecule has 1 heterocycles. The zero-order valence-corrected chi connectivity index (χ0v) is 11.7. The lowest BCUT2D eigenvalue weighted by Crippen LogP contribution is -2.28. The molecule has 0 aliphatic heterocycles. The van der Waals surface area contributed by atoms with E-state index in [2.05, 4.69) is 22.4 Å². The molecule has 7 heteroatoms. The molecule has 0 unspecified atom stereocenters. The Labute approximate surface area is 115 Å². The molecule has 0 bridgehead atoms. The van der Waals surface area contributed by atoms with Gasteiger partial charge in [0, 0.05) is 17.3 Å². The van der Waals surface area contributed by atoms with Gasteiger partial charge in [0.15, 0.2) is 17.5 Å². The molecule has 0 aliphatic carbocycles. The van der Waals surface area contributed by atoms with Crippen molar-refractivity contribution in [3.8, 4) is 11.4 Å². The first-order valence-electron chi connectivity index (χ1n) is 6.40. The van der Waals surface area contributed by atoms with Gasteiger partial charge in [-0.25, -0.2) is 13.5 Å². The second kappa shape index (κ2) is 5.15. The maximum Gasteiger partial charge on any atom is 0.184 e. The van der Waals surface area contributed by atoms with Gasteiger partial charge in [0.2, 0.25) is 0 Å². The molecule has 1 aromatic heterocycles. The van der Waals surface area contributed by atoms with Gasteiger partial charge in [-0.05, 0) is 36.8 Å². The van der Waals surface area contributed by atoms with E-state index in [-0.39, 0.29) is 16.8 Å². The van der Waals surface area contributed by atoms with Gasteiger partial charge in [0.25, 0.3) is 0 Å². The quantitative estimate of drug-likeness (QED) is 0.875. The molecule has 1 aromatic carbocycles. The fourth-order valence-electron chi connectivity index (χ4n) is 2.24. The lowest BCUT2D eigenvalue weighted by atomic mass is 9.98. The molecule has 20 heavy (non-hydrogen) atoms. The molecule has 0 atom stereocenters. The van der Waals surface area contributed by atoms with Gasteiger partial charge in [-0.2, -0.15) is 0 Å². The minimum Gasteiger partial charge on any atom is -0.398 e. The van der Waals surface area contributed by atoms with Crippen molar-refractivity contribution in [2.24, 2.45) is 0 Å². The third-order valence-electron chi connectivity index (χ3n) is 3.24. The maximum absolute atomic E-state index is 13.4. The van der Waals surface area contributed by atoms with Crippen LogP contribution < -0.4 is 5.73 Å². The number of nitrogens with zero attached hydrogens (tertiary/aromatic N) is 4. The molecule has 2 N–H and O–H groups in total. The van der Waals surface area contributed by atoms with Crippen LogP contribution in [0.3, 0.4) is 0 Å². The summed E-state index contributed by atoms with van der Waals surface area (Å²) in [6.07, 6.45) is 1.79. The molecule has 0 aliphatic rings. The third kappa shape index (κ3) is 2.48. The molecule has 2 aromatic rings. The van der Waals surface area contributed by atoms with Crippen LogP contribution in [0.4, 0.5) is 14.5 Å². The summed E-state index contributed by atoms with van der Waals surface area (Å²) in [6.45, 7) is 6.01. The standard InChI is InChI=1S/C13H17F2N5/c1-4-5-13(2,3)20-12(17-18-19-20)8-6-9(14)10(15)7-11(8)16/h6-7H,4-5,16H2,1-3H3. The fourth-order valence-corrected chi connectivity index (χ4v) is 2.24. The lowest BCUT2D eigenvalue weighted by molar-refractivity contribution is 0.290. The highest BCUT2D eigenvalue weighted by Gasteiger charge is 2.26. The van der Waals surface area contributed by atoms with Crippen LogP contribution in [0.2, 0.25) is 0 Å². The number of rotatable bonds is 4. The second-order valence-corrected chi connectivity index (χ2v) is 5.33. The molecule has 108 valence electrons. The molecule has 0 fully saturated rings. The minimum absolute atomic E-state index is 0.104. The summed E-state index contributed by atoms with van der Waals surface area (Å²) in [7, 11) is 0. The van der Waals surface area contributed by atoms with E-state index in [1.165, 1.54) is 0 Å². The van der Waals surface area contributed by atoms with E-state index in [0.29, 0.717) is 5.82 Å². The number of nitrogens with two attached hydrogens (primary N) is 1. The maximum atomic E-state index is 13.4. The number of nitrogen functional groups attached to an aromatic ring is 1. The van der Waals surface area contributed by atoms with Crippen molar-refractivity contribution < 1.29 is 8.78 Å². The lowest BCUT2D eigenvalue weighted by Gasteiger charge is -2.25. The summed E-state index contributed by atoms with van der Waals surface area (Å²) in [6, 6.07) is 1.96. The fraction of sp³-hybridized carbons (Fsp3) is 0.462. The van der Waals surface area contributed by atoms with E-state index in [1.807, 2.05) is 13.8 Å². The van der Waals surface area contributed by atoms with E-state index in [0.717, 1.165) is 25.0 Å². The summed E-state index contributed by atoms with van der Waals surface area (Å²) < 4.78 is 28.2. The van der Waals surface area contributed by atoms with Crippen LogP contribution in [0.25, 0.3) is 11.4 Å². The molecular formula is C13H17F2N5. The van der Waals surface area contributed by atoms with Crippen LogP contribution in [0, 0.1) is 11.6 Å². The van der Waals surface area contributed by atoms with Gasteiger partial charge in [-0.15, -0.1) is 5.10 Å². The Kier molecular flexibility index (Phi) is 3.69. The smallest absolute Gasteiger partial charge is 0.184 e. The Morgan fingerprint density at radius 3 is 2.55 bits per heavy atom. The molecule has 0 amide bonds. The molecule has 0 spiro atoms. The van der Waals surface area contributed by atoms with Crippen molar-refractivity contribution in [2.75, 3.05) is 5.73 Å². The molecule has 0 saturated carbocycles. The zero-order valence-electron chi connectivity index (χ0n) is 11.7. The number of tetrazole rings is 1. The summed E-state index contributed by atoms with van der Waals surface area (Å²) >= 11 is 0. The van der Waals surface area contributed by atoms with Gasteiger partial charge >= 0.3 is 0 Å². The molecule has 5 nitrogen and oxygen atoms in total. The van der Waals surface area contributed by atoms with E-state index >= 15 is 0 Å². The molecular weight excluding hydrogens is 264 g/mol. The number of hydrogen-bond donors (Lipinski definition) is 1. The Balaban J connectivity index is 2.56. The SMILES string of the molecule is CCCC(C)(C)n1nnnc1-c1cc(F)c(F)cc1N. The van der Waals surface area contributed by atoms with Crippen molar-refractivity contribution in [1.29, 1.82) is 0 Å². The Morgan fingerprint density at radius 2 is 1.90 bits per heavy atom. The average molecular weight is 281 g/mol. The van der Waals surface area contributed by atoms with Crippen LogP contribution in [0.1, 0.15) is 33.6 Å². The van der Waals surface area contributed by atoms with E-state index in [4.69, 9.17) is 5.73 Å². The monoisotopic (exact) mass is 281 g/mol. The normalized spacial score (nSPS) is 11.8. The first kappa shape index (κ1) is 14.4. The summed E-state index contributed by atoms with van der Waals surface area (Å²) in [5.74, 6) is -1.63. The molecule has 0 saturated heterocycles. The summed E-state index contributed by atoms with van der Waals surface area (Å²) in [5.41, 5.74) is 5.80. The number of anilines is 1. The topological polar surface area (TPSA) is 69.6 Å².